The fourth-order valence-electron chi connectivity index (χ4n) is 2.10. The van der Waals surface area contributed by atoms with Gasteiger partial charge in [0.1, 0.15) is 0 Å². The number of quaternary nitrogens is 1. The largest absolute Gasteiger partial charge is 0.756 e. The van der Waals surface area contributed by atoms with E-state index in [1.54, 1.807) is 6.92 Å². The minimum absolute atomic E-state index is 0.143. The van der Waals surface area contributed by atoms with Gasteiger partial charge in [0.25, 0.3) is 7.82 Å². The van der Waals surface area contributed by atoms with E-state index < -0.39 is 7.82 Å². The summed E-state index contributed by atoms with van der Waals surface area (Å²) in [4.78, 5) is 22.8. The molecule has 0 saturated heterocycles. The minimum atomic E-state index is -4.18. The Morgan fingerprint density at radius 2 is 1.38 bits per heavy atom. The van der Waals surface area contributed by atoms with Crippen molar-refractivity contribution in [2.75, 3.05) is 47.5 Å². The van der Waals surface area contributed by atoms with Crippen LogP contribution in [0.5, 0.6) is 0 Å². The summed E-state index contributed by atoms with van der Waals surface area (Å²) in [7, 11) is 2.10. The topological polar surface area (TPSA) is 84.9 Å². The third-order valence-corrected chi connectivity index (χ3v) is 4.59. The fourth-order valence-corrected chi connectivity index (χ4v) is 2.88. The van der Waals surface area contributed by atoms with Crippen LogP contribution in [-0.4, -0.2) is 58.0 Å². The second kappa shape index (κ2) is 13.4. The summed E-state index contributed by atoms with van der Waals surface area (Å²) in [6.07, 6.45) is 5.76. The number of carbonyl (C=O) groups is 1. The molecule has 1 unspecified atom stereocenters. The standard InChI is InChI=1S/C18H36NO6P/c1-17(2)18(20)23-14-10-7-6-8-11-15-24-26(21,22)25-16-12-9-13-19(3,4)5/h1,6-16H2,2-5H3. The summed E-state index contributed by atoms with van der Waals surface area (Å²) in [5.74, 6) is -0.359. The molecule has 26 heavy (non-hydrogen) atoms. The number of esters is 1. The summed E-state index contributed by atoms with van der Waals surface area (Å²) in [6, 6.07) is 0. The molecule has 0 aromatic heterocycles. The van der Waals surface area contributed by atoms with Gasteiger partial charge < -0.3 is 23.2 Å². The number of ether oxygens (including phenoxy) is 1. The molecular formula is C18H36NO6P. The van der Waals surface area contributed by atoms with Crippen LogP contribution in [0.3, 0.4) is 0 Å². The van der Waals surface area contributed by atoms with E-state index in [1.165, 1.54) is 0 Å². The Morgan fingerprint density at radius 1 is 0.923 bits per heavy atom. The van der Waals surface area contributed by atoms with Crippen molar-refractivity contribution >= 4 is 13.8 Å². The van der Waals surface area contributed by atoms with Crippen LogP contribution in [0.4, 0.5) is 0 Å². The van der Waals surface area contributed by atoms with Crippen molar-refractivity contribution in [1.82, 2.24) is 0 Å². The molecular weight excluding hydrogens is 357 g/mol. The number of phosphoric acid groups is 1. The number of hydrogen-bond donors (Lipinski definition) is 0. The highest BCUT2D eigenvalue weighted by atomic mass is 31.2. The minimum Gasteiger partial charge on any atom is -0.756 e. The van der Waals surface area contributed by atoms with Crippen molar-refractivity contribution in [1.29, 1.82) is 0 Å². The zero-order valence-electron chi connectivity index (χ0n) is 16.8. The summed E-state index contributed by atoms with van der Waals surface area (Å²) in [6.45, 7) is 6.80. The summed E-state index contributed by atoms with van der Waals surface area (Å²) >= 11 is 0. The monoisotopic (exact) mass is 393 g/mol. The van der Waals surface area contributed by atoms with Crippen LogP contribution in [0.15, 0.2) is 12.2 Å². The summed E-state index contributed by atoms with van der Waals surface area (Å²) < 4.78 is 27.2. The predicted octanol–water partition coefficient (Wildman–Crippen LogP) is 3.04. The van der Waals surface area contributed by atoms with Crippen molar-refractivity contribution in [2.45, 2.75) is 51.9 Å². The van der Waals surface area contributed by atoms with Gasteiger partial charge in [-0.3, -0.25) is 4.57 Å². The second-order valence-corrected chi connectivity index (χ2v) is 8.93. The molecule has 1 atom stereocenters. The van der Waals surface area contributed by atoms with Crippen LogP contribution in [0, 0.1) is 0 Å². The van der Waals surface area contributed by atoms with E-state index in [4.69, 9.17) is 13.8 Å². The molecule has 0 aliphatic rings. The molecule has 0 saturated carbocycles. The van der Waals surface area contributed by atoms with E-state index in [9.17, 15) is 14.3 Å². The Hall–Kier alpha value is -0.720. The lowest BCUT2D eigenvalue weighted by Crippen LogP contribution is -2.35. The van der Waals surface area contributed by atoms with Gasteiger partial charge in [0.2, 0.25) is 0 Å². The number of carbonyl (C=O) groups excluding carboxylic acids is 1. The molecule has 0 heterocycles. The Balaban J connectivity index is 3.51. The second-order valence-electron chi connectivity index (χ2n) is 7.52. The molecule has 0 aliphatic carbocycles. The SMILES string of the molecule is C=C(C)C(=O)OCCCCCCCOP(=O)([O-])OCCCC[N+](C)(C)C. The average molecular weight is 393 g/mol. The molecule has 0 aromatic carbocycles. The lowest BCUT2D eigenvalue weighted by atomic mass is 10.1. The predicted molar refractivity (Wildman–Crippen MR) is 101 cm³/mol. The highest BCUT2D eigenvalue weighted by Gasteiger charge is 2.10. The number of hydrogen-bond acceptors (Lipinski definition) is 6. The molecule has 0 rings (SSSR count). The Kier molecular flexibility index (Phi) is 13.1. The highest BCUT2D eigenvalue weighted by molar-refractivity contribution is 7.45. The normalized spacial score (nSPS) is 14.0. The van der Waals surface area contributed by atoms with Gasteiger partial charge in [-0.15, -0.1) is 0 Å². The van der Waals surface area contributed by atoms with Gasteiger partial charge in [0.15, 0.2) is 0 Å². The maximum absolute atomic E-state index is 11.6. The summed E-state index contributed by atoms with van der Waals surface area (Å²) in [5.41, 5.74) is 0.403. The maximum Gasteiger partial charge on any atom is 0.333 e. The van der Waals surface area contributed by atoms with Crippen molar-refractivity contribution < 1.29 is 32.5 Å². The molecule has 0 N–H and O–H groups in total. The third-order valence-electron chi connectivity index (χ3n) is 3.59. The summed E-state index contributed by atoms with van der Waals surface area (Å²) in [5, 5.41) is 0. The van der Waals surface area contributed by atoms with E-state index >= 15 is 0 Å². The van der Waals surface area contributed by atoms with E-state index in [-0.39, 0.29) is 19.2 Å². The quantitative estimate of drug-likeness (QED) is 0.132. The Morgan fingerprint density at radius 3 is 1.88 bits per heavy atom. The molecule has 0 aromatic rings. The van der Waals surface area contributed by atoms with Crippen LogP contribution >= 0.6 is 7.82 Å². The van der Waals surface area contributed by atoms with Gasteiger partial charge in [-0.05, 0) is 32.6 Å². The van der Waals surface area contributed by atoms with E-state index in [1.807, 2.05) is 0 Å². The van der Waals surface area contributed by atoms with Gasteiger partial charge in [0, 0.05) is 5.57 Å². The van der Waals surface area contributed by atoms with Gasteiger partial charge in [0.05, 0.1) is 47.5 Å². The zero-order chi connectivity index (χ0) is 20.1. The van der Waals surface area contributed by atoms with Crippen LogP contribution in [-0.2, 0) is 23.1 Å². The molecule has 154 valence electrons. The van der Waals surface area contributed by atoms with Crippen LogP contribution in [0.25, 0.3) is 0 Å². The van der Waals surface area contributed by atoms with E-state index in [2.05, 4.69) is 27.7 Å². The Bertz CT molecular complexity index is 461. The number of unbranched alkanes of at least 4 members (excludes halogenated alkanes) is 5. The average Bonchev–Trinajstić information content (AvgIpc) is 2.51. The van der Waals surface area contributed by atoms with Crippen molar-refractivity contribution in [3.05, 3.63) is 12.2 Å². The first-order chi connectivity index (χ1) is 12.0. The maximum atomic E-state index is 11.6. The van der Waals surface area contributed by atoms with Crippen molar-refractivity contribution in [3.63, 3.8) is 0 Å². The first kappa shape index (κ1) is 25.3. The van der Waals surface area contributed by atoms with Crippen molar-refractivity contribution in [2.24, 2.45) is 0 Å². The van der Waals surface area contributed by atoms with Gasteiger partial charge >= 0.3 is 5.97 Å². The van der Waals surface area contributed by atoms with E-state index in [0.717, 1.165) is 43.1 Å². The molecule has 0 aliphatic heterocycles. The van der Waals surface area contributed by atoms with Crippen LogP contribution in [0.2, 0.25) is 0 Å². The molecule has 0 bridgehead atoms. The molecule has 8 heteroatoms. The van der Waals surface area contributed by atoms with Gasteiger partial charge in [-0.25, -0.2) is 4.79 Å². The molecule has 0 spiro atoms. The van der Waals surface area contributed by atoms with E-state index in [0.29, 0.717) is 25.0 Å². The number of rotatable bonds is 16. The smallest absolute Gasteiger partial charge is 0.333 e. The van der Waals surface area contributed by atoms with Crippen LogP contribution in [0.1, 0.15) is 51.9 Å². The number of nitrogens with zero attached hydrogens (tertiary/aromatic N) is 1. The lowest BCUT2D eigenvalue weighted by molar-refractivity contribution is -0.870. The lowest BCUT2D eigenvalue weighted by Gasteiger charge is -2.25. The van der Waals surface area contributed by atoms with Crippen molar-refractivity contribution in [3.8, 4) is 0 Å². The third kappa shape index (κ3) is 16.7. The first-order valence-electron chi connectivity index (χ1n) is 9.27. The highest BCUT2D eigenvalue weighted by Crippen LogP contribution is 2.38. The molecule has 0 fully saturated rings. The Labute approximate surface area is 158 Å². The molecule has 0 radical (unpaired) electrons. The van der Waals surface area contributed by atoms with Crippen LogP contribution < -0.4 is 4.89 Å². The molecule has 7 nitrogen and oxygen atoms in total. The first-order valence-corrected chi connectivity index (χ1v) is 10.7. The fraction of sp³-hybridized carbons (Fsp3) is 0.833. The van der Waals surface area contributed by atoms with Gasteiger partial charge in [-0.1, -0.05) is 25.8 Å². The molecule has 0 amide bonds. The number of phosphoric ester groups is 1. The van der Waals surface area contributed by atoms with Gasteiger partial charge in [-0.2, -0.15) is 0 Å². The zero-order valence-corrected chi connectivity index (χ0v) is 17.7.